The van der Waals surface area contributed by atoms with Gasteiger partial charge in [-0.15, -0.1) is 0 Å². The van der Waals surface area contributed by atoms with Gasteiger partial charge >= 0.3 is 6.03 Å². The van der Waals surface area contributed by atoms with Gasteiger partial charge in [-0.2, -0.15) is 0 Å². The van der Waals surface area contributed by atoms with Crippen molar-refractivity contribution in [3.05, 3.63) is 0 Å². The number of nitrogens with zero attached hydrogens (tertiary/aromatic N) is 1. The van der Waals surface area contributed by atoms with E-state index in [2.05, 4.69) is 5.32 Å². The number of amides is 3. The maximum atomic E-state index is 11.9. The summed E-state index contributed by atoms with van der Waals surface area (Å²) in [6, 6.07) is -0.337. The first-order chi connectivity index (χ1) is 8.00. The van der Waals surface area contributed by atoms with Gasteiger partial charge in [0.1, 0.15) is 5.54 Å². The maximum absolute atomic E-state index is 11.9. The van der Waals surface area contributed by atoms with Gasteiger partial charge < -0.3 is 14.8 Å². The molecule has 0 aromatic rings. The number of urea groups is 1. The largest absolute Gasteiger partial charge is 0.353 e. The summed E-state index contributed by atoms with van der Waals surface area (Å²) in [5, 5.41) is 2.64. The van der Waals surface area contributed by atoms with Gasteiger partial charge in [0.25, 0.3) is 5.91 Å². The quantitative estimate of drug-likeness (QED) is 0.730. The molecule has 2 saturated heterocycles. The van der Waals surface area contributed by atoms with Crippen molar-refractivity contribution < 1.29 is 19.1 Å². The Bertz CT molecular complexity index is 323. The number of hydrogen-bond acceptors (Lipinski definition) is 4. The van der Waals surface area contributed by atoms with Crippen LogP contribution in [0.25, 0.3) is 0 Å². The van der Waals surface area contributed by atoms with E-state index in [4.69, 9.17) is 9.47 Å². The first-order valence-electron chi connectivity index (χ1n) is 5.88. The number of rotatable bonds is 3. The summed E-state index contributed by atoms with van der Waals surface area (Å²) in [6.45, 7) is 5.08. The van der Waals surface area contributed by atoms with E-state index < -0.39 is 5.54 Å². The smallest absolute Gasteiger partial charge is 0.325 e. The zero-order chi connectivity index (χ0) is 12.5. The highest BCUT2D eigenvalue weighted by Crippen LogP contribution is 2.18. The van der Waals surface area contributed by atoms with Gasteiger partial charge in [-0.05, 0) is 20.3 Å². The van der Waals surface area contributed by atoms with E-state index in [1.54, 1.807) is 13.8 Å². The van der Waals surface area contributed by atoms with Gasteiger partial charge in [0.05, 0.1) is 13.2 Å². The Morgan fingerprint density at radius 1 is 1.35 bits per heavy atom. The van der Waals surface area contributed by atoms with E-state index >= 15 is 0 Å². The molecule has 96 valence electrons. The van der Waals surface area contributed by atoms with Crippen LogP contribution in [0.1, 0.15) is 26.7 Å². The lowest BCUT2D eigenvalue weighted by molar-refractivity contribution is -0.182. The summed E-state index contributed by atoms with van der Waals surface area (Å²) in [4.78, 5) is 24.7. The van der Waals surface area contributed by atoms with Crippen LogP contribution in [0.4, 0.5) is 4.79 Å². The first kappa shape index (κ1) is 12.3. The van der Waals surface area contributed by atoms with Crippen molar-refractivity contribution >= 4 is 11.9 Å². The molecule has 6 nitrogen and oxygen atoms in total. The molecule has 17 heavy (non-hydrogen) atoms. The van der Waals surface area contributed by atoms with Crippen LogP contribution in [0.5, 0.6) is 0 Å². The molecule has 0 saturated carbocycles. The molecule has 2 rings (SSSR count). The molecule has 0 spiro atoms. The van der Waals surface area contributed by atoms with E-state index in [0.29, 0.717) is 26.2 Å². The SMILES string of the molecule is CC1(C)NC(=O)N(CCC2OCCCO2)C1=O. The van der Waals surface area contributed by atoms with Crippen LogP contribution in [0.15, 0.2) is 0 Å². The van der Waals surface area contributed by atoms with Crippen LogP contribution in [-0.4, -0.2) is 48.4 Å². The Balaban J connectivity index is 1.86. The Morgan fingerprint density at radius 2 is 2.00 bits per heavy atom. The van der Waals surface area contributed by atoms with Crippen LogP contribution < -0.4 is 5.32 Å². The van der Waals surface area contributed by atoms with Crippen LogP contribution in [0, 0.1) is 0 Å². The summed E-state index contributed by atoms with van der Waals surface area (Å²) in [6.07, 6.45) is 1.12. The lowest BCUT2D eigenvalue weighted by atomic mass is 10.1. The Labute approximate surface area is 100 Å². The molecular formula is C11H18N2O4. The standard InChI is InChI=1S/C11H18N2O4/c1-11(2)9(14)13(10(15)12-11)5-4-8-16-6-3-7-17-8/h8H,3-7H2,1-2H3,(H,12,15). The minimum atomic E-state index is -0.800. The highest BCUT2D eigenvalue weighted by Gasteiger charge is 2.44. The van der Waals surface area contributed by atoms with E-state index in [-0.39, 0.29) is 18.2 Å². The number of carbonyl (C=O) groups is 2. The molecule has 1 N–H and O–H groups in total. The summed E-state index contributed by atoms with van der Waals surface area (Å²) < 4.78 is 10.7. The summed E-state index contributed by atoms with van der Waals surface area (Å²) in [7, 11) is 0. The first-order valence-corrected chi connectivity index (χ1v) is 5.88. The van der Waals surface area contributed by atoms with Crippen LogP contribution in [0.3, 0.4) is 0 Å². The second-order valence-electron chi connectivity index (χ2n) is 4.83. The zero-order valence-electron chi connectivity index (χ0n) is 10.2. The fraction of sp³-hybridized carbons (Fsp3) is 0.818. The van der Waals surface area contributed by atoms with E-state index in [1.165, 1.54) is 4.90 Å². The Hall–Kier alpha value is -1.14. The number of carbonyl (C=O) groups excluding carboxylic acids is 2. The number of ether oxygens (including phenoxy) is 2. The number of imide groups is 1. The van der Waals surface area contributed by atoms with Gasteiger partial charge in [0, 0.05) is 13.0 Å². The fourth-order valence-corrected chi connectivity index (χ4v) is 1.96. The van der Waals surface area contributed by atoms with Crippen LogP contribution in [0.2, 0.25) is 0 Å². The molecule has 0 aromatic heterocycles. The minimum absolute atomic E-state index is 0.196. The van der Waals surface area contributed by atoms with Crippen LogP contribution in [-0.2, 0) is 14.3 Å². The lowest BCUT2D eigenvalue weighted by Gasteiger charge is -2.24. The lowest BCUT2D eigenvalue weighted by Crippen LogP contribution is -2.40. The molecular weight excluding hydrogens is 224 g/mol. The van der Waals surface area contributed by atoms with Crippen molar-refractivity contribution in [2.75, 3.05) is 19.8 Å². The van der Waals surface area contributed by atoms with Gasteiger partial charge in [-0.25, -0.2) is 4.79 Å². The third-order valence-electron chi connectivity index (χ3n) is 2.93. The molecule has 0 aromatic carbocycles. The summed E-state index contributed by atoms with van der Waals surface area (Å²) >= 11 is 0. The highest BCUT2D eigenvalue weighted by molar-refractivity contribution is 6.06. The van der Waals surface area contributed by atoms with Crippen molar-refractivity contribution in [1.29, 1.82) is 0 Å². The van der Waals surface area contributed by atoms with E-state index in [0.717, 1.165) is 6.42 Å². The van der Waals surface area contributed by atoms with E-state index in [9.17, 15) is 9.59 Å². The highest BCUT2D eigenvalue weighted by atomic mass is 16.7. The molecule has 0 atom stereocenters. The topological polar surface area (TPSA) is 67.9 Å². The molecule has 6 heteroatoms. The van der Waals surface area contributed by atoms with Crippen molar-refractivity contribution in [2.45, 2.75) is 38.5 Å². The molecule has 0 unspecified atom stereocenters. The second-order valence-corrected chi connectivity index (χ2v) is 4.83. The van der Waals surface area contributed by atoms with E-state index in [1.807, 2.05) is 0 Å². The average molecular weight is 242 g/mol. The third-order valence-corrected chi connectivity index (χ3v) is 2.93. The maximum Gasteiger partial charge on any atom is 0.325 e. The zero-order valence-corrected chi connectivity index (χ0v) is 10.2. The molecule has 2 fully saturated rings. The predicted molar refractivity (Wildman–Crippen MR) is 59.2 cm³/mol. The van der Waals surface area contributed by atoms with Gasteiger partial charge in [0.15, 0.2) is 6.29 Å². The molecule has 2 heterocycles. The summed E-state index contributed by atoms with van der Waals surface area (Å²) in [5.41, 5.74) is -0.800. The second kappa shape index (κ2) is 4.62. The van der Waals surface area contributed by atoms with Gasteiger partial charge in [0.2, 0.25) is 0 Å². The average Bonchev–Trinajstić information content (AvgIpc) is 2.48. The van der Waals surface area contributed by atoms with Crippen molar-refractivity contribution in [1.82, 2.24) is 10.2 Å². The molecule has 0 aliphatic carbocycles. The third kappa shape index (κ3) is 2.58. The van der Waals surface area contributed by atoms with Gasteiger partial charge in [-0.1, -0.05) is 0 Å². The molecule has 3 amide bonds. The molecule has 2 aliphatic rings. The van der Waals surface area contributed by atoms with Crippen molar-refractivity contribution in [3.63, 3.8) is 0 Å². The van der Waals surface area contributed by atoms with Crippen molar-refractivity contribution in [2.24, 2.45) is 0 Å². The molecule has 0 radical (unpaired) electrons. The summed E-state index contributed by atoms with van der Waals surface area (Å²) in [5.74, 6) is -0.196. The van der Waals surface area contributed by atoms with Crippen LogP contribution >= 0.6 is 0 Å². The molecule has 2 aliphatic heterocycles. The fourth-order valence-electron chi connectivity index (χ4n) is 1.96. The monoisotopic (exact) mass is 242 g/mol. The number of hydrogen-bond donors (Lipinski definition) is 1. The Morgan fingerprint density at radius 3 is 2.53 bits per heavy atom. The molecule has 0 bridgehead atoms. The normalized spacial score (nSPS) is 25.2. The predicted octanol–water partition coefficient (Wildman–Crippen LogP) is 0.470. The number of nitrogens with one attached hydrogen (secondary N) is 1. The van der Waals surface area contributed by atoms with Crippen molar-refractivity contribution in [3.8, 4) is 0 Å². The Kier molecular flexibility index (Phi) is 3.35. The minimum Gasteiger partial charge on any atom is -0.353 e. The van der Waals surface area contributed by atoms with Gasteiger partial charge in [-0.3, -0.25) is 9.69 Å².